The summed E-state index contributed by atoms with van der Waals surface area (Å²) in [6.45, 7) is 7.78. The van der Waals surface area contributed by atoms with Crippen LogP contribution in [0.1, 0.15) is 18.0 Å². The molecule has 0 aliphatic carbocycles. The highest BCUT2D eigenvalue weighted by atomic mass is 35.5. The number of piperazine rings is 1. The van der Waals surface area contributed by atoms with E-state index in [9.17, 15) is 4.39 Å². The molecule has 1 atom stereocenters. The number of nitrogens with one attached hydrogen (secondary N) is 1. The van der Waals surface area contributed by atoms with Crippen LogP contribution in [0.2, 0.25) is 5.02 Å². The molecule has 0 unspecified atom stereocenters. The van der Waals surface area contributed by atoms with Gasteiger partial charge in [-0.05, 0) is 24.1 Å². The number of hydrogen-bond donors (Lipinski definition) is 1. The largest absolute Gasteiger partial charge is 0.314 e. The van der Waals surface area contributed by atoms with Crippen LogP contribution in [0.5, 0.6) is 0 Å². The van der Waals surface area contributed by atoms with Gasteiger partial charge in [0.2, 0.25) is 0 Å². The minimum Gasteiger partial charge on any atom is -0.314 e. The van der Waals surface area contributed by atoms with Gasteiger partial charge in [0.15, 0.2) is 0 Å². The first-order valence-electron chi connectivity index (χ1n) is 6.23. The van der Waals surface area contributed by atoms with Crippen LogP contribution >= 0.6 is 36.4 Å². The Morgan fingerprint density at radius 3 is 2.55 bits per heavy atom. The monoisotopic (exact) mass is 340 g/mol. The molecule has 0 saturated carbocycles. The summed E-state index contributed by atoms with van der Waals surface area (Å²) in [5.41, 5.74) is 1.06. The Balaban J connectivity index is 0.00000180. The van der Waals surface area contributed by atoms with E-state index in [0.717, 1.165) is 38.2 Å². The number of benzene rings is 1. The van der Waals surface area contributed by atoms with E-state index in [1.165, 1.54) is 6.07 Å². The third kappa shape index (κ3) is 4.90. The van der Waals surface area contributed by atoms with Crippen molar-refractivity contribution in [2.75, 3.05) is 26.2 Å². The Hall–Kier alpha value is -0.320. The topological polar surface area (TPSA) is 15.3 Å². The van der Waals surface area contributed by atoms with Gasteiger partial charge in [0.1, 0.15) is 5.82 Å². The van der Waals surface area contributed by atoms with Gasteiger partial charge in [0.25, 0.3) is 0 Å². The zero-order valence-electron chi connectivity index (χ0n) is 11.1. The van der Waals surface area contributed by atoms with Gasteiger partial charge in [-0.15, -0.1) is 31.4 Å². The summed E-state index contributed by atoms with van der Waals surface area (Å²) in [5, 5.41) is 3.52. The molecule has 1 aromatic rings. The summed E-state index contributed by atoms with van der Waals surface area (Å²) in [7, 11) is 0. The lowest BCUT2D eigenvalue weighted by atomic mass is 10.0. The van der Waals surface area contributed by atoms with Crippen molar-refractivity contribution in [2.24, 2.45) is 0 Å². The fourth-order valence-electron chi connectivity index (χ4n) is 2.37. The zero-order valence-corrected chi connectivity index (χ0v) is 13.5. The van der Waals surface area contributed by atoms with Crippen LogP contribution in [0.15, 0.2) is 30.9 Å². The molecule has 6 heteroatoms. The summed E-state index contributed by atoms with van der Waals surface area (Å²) >= 11 is 5.87. The van der Waals surface area contributed by atoms with Gasteiger partial charge >= 0.3 is 0 Å². The Bertz CT molecular complexity index is 423. The molecule has 1 aliphatic rings. The van der Waals surface area contributed by atoms with Crippen LogP contribution in [0.3, 0.4) is 0 Å². The molecule has 2 rings (SSSR count). The van der Waals surface area contributed by atoms with Crippen LogP contribution < -0.4 is 5.32 Å². The van der Waals surface area contributed by atoms with Crippen LogP contribution in [-0.4, -0.2) is 31.1 Å². The summed E-state index contributed by atoms with van der Waals surface area (Å²) in [6.07, 6.45) is 2.76. The second-order valence-electron chi connectivity index (χ2n) is 4.50. The highest BCUT2D eigenvalue weighted by molar-refractivity contribution is 6.30. The number of hydrogen-bond acceptors (Lipinski definition) is 2. The molecule has 1 saturated heterocycles. The Morgan fingerprint density at radius 2 is 2.00 bits per heavy atom. The molecule has 1 aliphatic heterocycles. The van der Waals surface area contributed by atoms with Crippen LogP contribution in [0.25, 0.3) is 0 Å². The summed E-state index contributed by atoms with van der Waals surface area (Å²) < 4.78 is 13.2. The molecule has 114 valence electrons. The van der Waals surface area contributed by atoms with E-state index >= 15 is 0 Å². The molecule has 1 fully saturated rings. The van der Waals surface area contributed by atoms with Crippen molar-refractivity contribution < 1.29 is 4.39 Å². The number of nitrogens with zero attached hydrogens (tertiary/aromatic N) is 1. The number of rotatable bonds is 4. The predicted octanol–water partition coefficient (Wildman–Crippen LogP) is 3.85. The van der Waals surface area contributed by atoms with E-state index < -0.39 is 0 Å². The fourth-order valence-corrected chi connectivity index (χ4v) is 2.56. The van der Waals surface area contributed by atoms with Gasteiger partial charge in [-0.2, -0.15) is 0 Å². The maximum Gasteiger partial charge on any atom is 0.141 e. The molecule has 0 spiro atoms. The Morgan fingerprint density at radius 1 is 1.35 bits per heavy atom. The lowest BCUT2D eigenvalue weighted by molar-refractivity contribution is 0.174. The van der Waals surface area contributed by atoms with Crippen molar-refractivity contribution in [1.29, 1.82) is 0 Å². The number of halogens is 4. The average molecular weight is 342 g/mol. The van der Waals surface area contributed by atoms with Crippen molar-refractivity contribution in [1.82, 2.24) is 10.2 Å². The molecular formula is C14H20Cl3FN2. The molecule has 0 amide bonds. The van der Waals surface area contributed by atoms with Crippen molar-refractivity contribution >= 4 is 36.4 Å². The summed E-state index contributed by atoms with van der Waals surface area (Å²) in [4.78, 5) is 2.39. The maximum absolute atomic E-state index is 13.2. The first kappa shape index (κ1) is 19.7. The second kappa shape index (κ2) is 9.59. The van der Waals surface area contributed by atoms with Crippen LogP contribution in [0, 0.1) is 5.82 Å². The minimum absolute atomic E-state index is 0. The quantitative estimate of drug-likeness (QED) is 0.837. The van der Waals surface area contributed by atoms with Gasteiger partial charge in [-0.1, -0.05) is 23.7 Å². The molecule has 20 heavy (non-hydrogen) atoms. The second-order valence-corrected chi connectivity index (χ2v) is 4.91. The van der Waals surface area contributed by atoms with E-state index in [1.807, 2.05) is 12.1 Å². The molecule has 1 heterocycles. The molecule has 2 nitrogen and oxygen atoms in total. The van der Waals surface area contributed by atoms with E-state index in [2.05, 4.69) is 16.8 Å². The Labute approximate surface area is 137 Å². The maximum atomic E-state index is 13.2. The van der Waals surface area contributed by atoms with Crippen molar-refractivity contribution in [3.63, 3.8) is 0 Å². The van der Waals surface area contributed by atoms with Crippen molar-refractivity contribution in [3.8, 4) is 0 Å². The average Bonchev–Trinajstić information content (AvgIpc) is 2.40. The molecule has 1 aromatic carbocycles. The van der Waals surface area contributed by atoms with Gasteiger partial charge < -0.3 is 5.32 Å². The zero-order chi connectivity index (χ0) is 13.0. The predicted molar refractivity (Wildman–Crippen MR) is 87.9 cm³/mol. The highest BCUT2D eigenvalue weighted by Crippen LogP contribution is 2.28. The first-order chi connectivity index (χ1) is 8.72. The minimum atomic E-state index is -0.363. The third-order valence-electron chi connectivity index (χ3n) is 3.31. The molecule has 1 N–H and O–H groups in total. The summed E-state index contributed by atoms with van der Waals surface area (Å²) in [6, 6.07) is 5.23. The Kier molecular flexibility index (Phi) is 9.43. The summed E-state index contributed by atoms with van der Waals surface area (Å²) in [5.74, 6) is -0.363. The van der Waals surface area contributed by atoms with Crippen molar-refractivity contribution in [2.45, 2.75) is 12.5 Å². The van der Waals surface area contributed by atoms with E-state index in [1.54, 1.807) is 6.07 Å². The normalized spacial score (nSPS) is 16.7. The first-order valence-corrected chi connectivity index (χ1v) is 6.61. The van der Waals surface area contributed by atoms with Gasteiger partial charge in [-0.25, -0.2) is 4.39 Å². The molecule has 0 radical (unpaired) electrons. The van der Waals surface area contributed by atoms with E-state index in [0.29, 0.717) is 0 Å². The molecule has 0 bridgehead atoms. The lowest BCUT2D eigenvalue weighted by Crippen LogP contribution is -2.45. The standard InChI is InChI=1S/C14H18ClFN2.2ClH/c1-2-3-14(18-8-6-17-7-9-18)11-4-5-13(16)12(15)10-11;;/h2,4-5,10,14,17H,1,3,6-9H2;2*1H/t14-;;/m1../s1. The van der Waals surface area contributed by atoms with E-state index in [-0.39, 0.29) is 41.7 Å². The van der Waals surface area contributed by atoms with Gasteiger partial charge in [-0.3, -0.25) is 4.90 Å². The van der Waals surface area contributed by atoms with Gasteiger partial charge in [0, 0.05) is 32.2 Å². The van der Waals surface area contributed by atoms with Gasteiger partial charge in [0.05, 0.1) is 5.02 Å². The van der Waals surface area contributed by atoms with Crippen LogP contribution in [0.4, 0.5) is 4.39 Å². The molecule has 0 aromatic heterocycles. The van der Waals surface area contributed by atoms with E-state index in [4.69, 9.17) is 11.6 Å². The fraction of sp³-hybridized carbons (Fsp3) is 0.429. The lowest BCUT2D eigenvalue weighted by Gasteiger charge is -2.34. The highest BCUT2D eigenvalue weighted by Gasteiger charge is 2.21. The van der Waals surface area contributed by atoms with Crippen LogP contribution in [-0.2, 0) is 0 Å². The van der Waals surface area contributed by atoms with Crippen molar-refractivity contribution in [3.05, 3.63) is 47.3 Å². The SMILES string of the molecule is C=CC[C@H](c1ccc(F)c(Cl)c1)N1CCNCC1.Cl.Cl. The molecular weight excluding hydrogens is 322 g/mol. The third-order valence-corrected chi connectivity index (χ3v) is 3.60. The smallest absolute Gasteiger partial charge is 0.141 e.